The molecule has 0 bridgehead atoms. The largest absolute Gasteiger partial charge is 0.393 e. The van der Waals surface area contributed by atoms with E-state index in [4.69, 9.17) is 22.7 Å². The lowest BCUT2D eigenvalue weighted by Crippen LogP contribution is -2.47. The second kappa shape index (κ2) is 7.26. The highest BCUT2D eigenvalue weighted by molar-refractivity contribution is 7.80. The molecule has 0 aromatic rings. The van der Waals surface area contributed by atoms with E-state index >= 15 is 0 Å². The molecule has 5 heteroatoms. The summed E-state index contributed by atoms with van der Waals surface area (Å²) >= 11 is 5.02. The molecule has 1 heterocycles. The van der Waals surface area contributed by atoms with Crippen LogP contribution in [0.25, 0.3) is 0 Å². The lowest BCUT2D eigenvalue weighted by molar-refractivity contribution is -0.0356. The average Bonchev–Trinajstić information content (AvgIpc) is 2.27. The minimum absolute atomic E-state index is 0.270. The van der Waals surface area contributed by atoms with E-state index in [2.05, 4.69) is 30.7 Å². The van der Waals surface area contributed by atoms with Crippen LogP contribution in [0.3, 0.4) is 0 Å². The maximum atomic E-state index is 5.78. The molecule has 17 heavy (non-hydrogen) atoms. The van der Waals surface area contributed by atoms with Crippen LogP contribution in [0.2, 0.25) is 0 Å². The Kier molecular flexibility index (Phi) is 6.33. The van der Waals surface area contributed by atoms with Crippen LogP contribution in [0.1, 0.15) is 13.8 Å². The monoisotopic (exact) mass is 259 g/mol. The van der Waals surface area contributed by atoms with Gasteiger partial charge in [-0.3, -0.25) is 0 Å². The molecule has 1 aliphatic heterocycles. The molecule has 2 unspecified atom stereocenters. The van der Waals surface area contributed by atoms with E-state index in [1.807, 2.05) is 0 Å². The number of hydrogen-bond donors (Lipinski definition) is 1. The van der Waals surface area contributed by atoms with Crippen molar-refractivity contribution < 1.29 is 4.74 Å². The Morgan fingerprint density at radius 1 is 1.65 bits per heavy atom. The van der Waals surface area contributed by atoms with Crippen molar-refractivity contribution >= 4 is 17.2 Å². The summed E-state index contributed by atoms with van der Waals surface area (Å²) in [5, 5.41) is 0. The van der Waals surface area contributed by atoms with Gasteiger partial charge in [-0.25, -0.2) is 0 Å². The first-order valence-corrected chi connectivity index (χ1v) is 6.75. The number of ether oxygens (including phenoxy) is 1. The fourth-order valence-corrected chi connectivity index (χ4v) is 2.15. The average molecular weight is 259 g/mol. The van der Waals surface area contributed by atoms with Crippen molar-refractivity contribution in [2.75, 3.05) is 46.4 Å². The van der Waals surface area contributed by atoms with Crippen LogP contribution in [-0.4, -0.2) is 67.3 Å². The van der Waals surface area contributed by atoms with Crippen LogP contribution < -0.4 is 5.73 Å². The molecule has 100 valence electrons. The van der Waals surface area contributed by atoms with Crippen LogP contribution in [0.15, 0.2) is 0 Å². The third-order valence-electron chi connectivity index (χ3n) is 3.27. The molecule has 0 aromatic carbocycles. The van der Waals surface area contributed by atoms with E-state index in [1.165, 1.54) is 0 Å². The number of nitrogens with two attached hydrogens (primary N) is 1. The molecule has 2 atom stereocenters. The fraction of sp³-hybridized carbons (Fsp3) is 0.917. The molecule has 0 aromatic heterocycles. The SMILES string of the molecule is CCN(CC1CN(C)CCO1)CC(C)C(N)=S. The summed E-state index contributed by atoms with van der Waals surface area (Å²) in [6.45, 7) is 10.0. The first kappa shape index (κ1) is 14.8. The van der Waals surface area contributed by atoms with Gasteiger partial charge in [-0.2, -0.15) is 0 Å². The minimum Gasteiger partial charge on any atom is -0.393 e. The molecular formula is C12H25N3OS. The van der Waals surface area contributed by atoms with Crippen molar-refractivity contribution in [1.82, 2.24) is 9.80 Å². The summed E-state index contributed by atoms with van der Waals surface area (Å²) in [5.74, 6) is 0.270. The molecule has 0 saturated carbocycles. The summed E-state index contributed by atoms with van der Waals surface area (Å²) in [6, 6.07) is 0. The highest BCUT2D eigenvalue weighted by atomic mass is 32.1. The van der Waals surface area contributed by atoms with Crippen molar-refractivity contribution in [2.45, 2.75) is 20.0 Å². The Balaban J connectivity index is 2.37. The van der Waals surface area contributed by atoms with Gasteiger partial charge in [0.05, 0.1) is 17.7 Å². The second-order valence-corrected chi connectivity index (χ2v) is 5.38. The minimum atomic E-state index is 0.270. The van der Waals surface area contributed by atoms with Crippen molar-refractivity contribution in [3.8, 4) is 0 Å². The number of thiocarbonyl (C=S) groups is 1. The van der Waals surface area contributed by atoms with Gasteiger partial charge in [0.1, 0.15) is 0 Å². The van der Waals surface area contributed by atoms with E-state index in [9.17, 15) is 0 Å². The van der Waals surface area contributed by atoms with E-state index < -0.39 is 0 Å². The van der Waals surface area contributed by atoms with Gasteiger partial charge >= 0.3 is 0 Å². The van der Waals surface area contributed by atoms with Gasteiger partial charge in [0.15, 0.2) is 0 Å². The Morgan fingerprint density at radius 2 is 2.35 bits per heavy atom. The van der Waals surface area contributed by atoms with Gasteiger partial charge in [-0.1, -0.05) is 26.1 Å². The van der Waals surface area contributed by atoms with Gasteiger partial charge in [-0.05, 0) is 13.6 Å². The summed E-state index contributed by atoms with van der Waals surface area (Å²) in [5.41, 5.74) is 5.66. The molecule has 0 spiro atoms. The molecule has 0 aliphatic carbocycles. The highest BCUT2D eigenvalue weighted by Gasteiger charge is 2.21. The third-order valence-corrected chi connectivity index (χ3v) is 3.67. The third kappa shape index (κ3) is 5.29. The molecule has 4 nitrogen and oxygen atoms in total. The molecule has 1 saturated heterocycles. The Labute approximate surface area is 110 Å². The molecule has 1 rings (SSSR count). The molecule has 0 radical (unpaired) electrons. The Hall–Kier alpha value is -0.230. The van der Waals surface area contributed by atoms with Crippen LogP contribution in [0, 0.1) is 5.92 Å². The first-order chi connectivity index (χ1) is 8.02. The fourth-order valence-electron chi connectivity index (χ4n) is 2.08. The first-order valence-electron chi connectivity index (χ1n) is 6.34. The molecule has 1 fully saturated rings. The van der Waals surface area contributed by atoms with Crippen molar-refractivity contribution in [3.05, 3.63) is 0 Å². The van der Waals surface area contributed by atoms with Gasteiger partial charge in [0.25, 0.3) is 0 Å². The molecular weight excluding hydrogens is 234 g/mol. The number of nitrogens with zero attached hydrogens (tertiary/aromatic N) is 2. The van der Waals surface area contributed by atoms with Gasteiger partial charge < -0.3 is 20.3 Å². The highest BCUT2D eigenvalue weighted by Crippen LogP contribution is 2.07. The molecule has 2 N–H and O–H groups in total. The lowest BCUT2D eigenvalue weighted by atomic mass is 10.1. The van der Waals surface area contributed by atoms with Crippen LogP contribution in [-0.2, 0) is 4.74 Å². The topological polar surface area (TPSA) is 41.7 Å². The summed E-state index contributed by atoms with van der Waals surface area (Å²) < 4.78 is 5.78. The molecule has 1 aliphatic rings. The van der Waals surface area contributed by atoms with Gasteiger partial charge in [0.2, 0.25) is 0 Å². The van der Waals surface area contributed by atoms with E-state index in [1.54, 1.807) is 0 Å². The molecule has 0 amide bonds. The van der Waals surface area contributed by atoms with Crippen LogP contribution in [0.4, 0.5) is 0 Å². The predicted octanol–water partition coefficient (Wildman–Crippen LogP) is 0.561. The maximum absolute atomic E-state index is 5.78. The lowest BCUT2D eigenvalue weighted by Gasteiger charge is -2.34. The normalized spacial score (nSPS) is 23.9. The smallest absolute Gasteiger partial charge is 0.0829 e. The van der Waals surface area contributed by atoms with Gasteiger partial charge in [-0.15, -0.1) is 0 Å². The van der Waals surface area contributed by atoms with E-state index in [0.29, 0.717) is 11.1 Å². The predicted molar refractivity (Wildman–Crippen MR) is 75.3 cm³/mol. The van der Waals surface area contributed by atoms with Crippen LogP contribution >= 0.6 is 12.2 Å². The second-order valence-electron chi connectivity index (χ2n) is 4.91. The Morgan fingerprint density at radius 3 is 2.88 bits per heavy atom. The number of morpholine rings is 1. The zero-order chi connectivity index (χ0) is 12.8. The van der Waals surface area contributed by atoms with E-state index in [-0.39, 0.29) is 5.92 Å². The zero-order valence-corrected chi connectivity index (χ0v) is 12.0. The number of likely N-dealkylation sites (N-methyl/N-ethyl adjacent to an activating group) is 2. The van der Waals surface area contributed by atoms with E-state index in [0.717, 1.165) is 39.3 Å². The number of rotatable bonds is 6. The van der Waals surface area contributed by atoms with Gasteiger partial charge in [0, 0.05) is 32.1 Å². The van der Waals surface area contributed by atoms with Crippen molar-refractivity contribution in [1.29, 1.82) is 0 Å². The number of hydrogen-bond acceptors (Lipinski definition) is 4. The quantitative estimate of drug-likeness (QED) is 0.706. The Bertz CT molecular complexity index is 250. The summed E-state index contributed by atoms with van der Waals surface area (Å²) in [4.78, 5) is 5.29. The van der Waals surface area contributed by atoms with Crippen molar-refractivity contribution in [2.24, 2.45) is 11.7 Å². The zero-order valence-electron chi connectivity index (χ0n) is 11.2. The standard InChI is InChI=1S/C12H25N3OS/c1-4-15(7-10(2)12(13)17)9-11-8-14(3)5-6-16-11/h10-11H,4-9H2,1-3H3,(H2,13,17). The van der Waals surface area contributed by atoms with Crippen LogP contribution in [0.5, 0.6) is 0 Å². The maximum Gasteiger partial charge on any atom is 0.0829 e. The van der Waals surface area contributed by atoms with Crippen molar-refractivity contribution in [3.63, 3.8) is 0 Å². The summed E-state index contributed by atoms with van der Waals surface area (Å²) in [6.07, 6.45) is 0.312. The summed E-state index contributed by atoms with van der Waals surface area (Å²) in [7, 11) is 2.14.